The summed E-state index contributed by atoms with van der Waals surface area (Å²) >= 11 is 0. The van der Waals surface area contributed by atoms with Crippen molar-refractivity contribution in [2.45, 2.75) is 32.8 Å². The largest absolute Gasteiger partial charge is 0.436 e. The number of aliphatic hydroxyl groups is 2. The molecule has 2 unspecified atom stereocenters. The maximum atomic E-state index is 11.3. The summed E-state index contributed by atoms with van der Waals surface area (Å²) in [5, 5.41) is 17.0. The predicted molar refractivity (Wildman–Crippen MR) is 61.8 cm³/mol. The molecule has 0 rings (SSSR count). The summed E-state index contributed by atoms with van der Waals surface area (Å²) in [6.07, 6.45) is -2.27. The van der Waals surface area contributed by atoms with Crippen LogP contribution >= 0.6 is 0 Å². The van der Waals surface area contributed by atoms with Gasteiger partial charge in [0.25, 0.3) is 0 Å². The summed E-state index contributed by atoms with van der Waals surface area (Å²) < 4.78 is 19.2. The third-order valence-corrected chi connectivity index (χ3v) is 1.77. The van der Waals surface area contributed by atoms with Crippen LogP contribution in [0, 0.1) is 0 Å². The van der Waals surface area contributed by atoms with Crippen LogP contribution in [0.25, 0.3) is 0 Å². The number of esters is 2. The molecule has 0 aliphatic rings. The van der Waals surface area contributed by atoms with Crippen LogP contribution in [0.5, 0.6) is 0 Å². The first-order valence-corrected chi connectivity index (χ1v) is 5.83. The van der Waals surface area contributed by atoms with Crippen molar-refractivity contribution in [3.8, 4) is 0 Å². The Bertz CT molecular complexity index is 241. The number of carbonyl (C=O) groups excluding carboxylic acids is 2. The molecule has 0 saturated carbocycles. The van der Waals surface area contributed by atoms with Crippen LogP contribution in [0.4, 0.5) is 0 Å². The molecule has 2 N–H and O–H groups in total. The van der Waals surface area contributed by atoms with Crippen LogP contribution in [0.3, 0.4) is 0 Å². The maximum absolute atomic E-state index is 11.3. The van der Waals surface area contributed by atoms with Gasteiger partial charge in [0.15, 0.2) is 12.6 Å². The normalized spacial score (nSPS) is 13.7. The average molecular weight is 280 g/mol. The van der Waals surface area contributed by atoms with Crippen LogP contribution in [0.1, 0.15) is 20.3 Å². The van der Waals surface area contributed by atoms with Gasteiger partial charge in [0.05, 0.1) is 26.4 Å². The quantitative estimate of drug-likeness (QED) is 0.303. The highest BCUT2D eigenvalue weighted by molar-refractivity contribution is 5.91. The van der Waals surface area contributed by atoms with E-state index in [4.69, 9.17) is 29.2 Å². The number of aliphatic hydroxyl groups excluding tert-OH is 2. The van der Waals surface area contributed by atoms with Crippen LogP contribution in [-0.4, -0.2) is 61.2 Å². The van der Waals surface area contributed by atoms with Gasteiger partial charge in [0, 0.05) is 0 Å². The van der Waals surface area contributed by atoms with Gasteiger partial charge in [-0.15, -0.1) is 0 Å². The summed E-state index contributed by atoms with van der Waals surface area (Å²) in [7, 11) is 0. The van der Waals surface area contributed by atoms with E-state index in [2.05, 4.69) is 0 Å². The molecule has 8 heteroatoms. The molecular formula is C11H20O8. The molecule has 0 saturated heterocycles. The molecule has 0 aromatic rings. The lowest BCUT2D eigenvalue weighted by Gasteiger charge is -2.15. The fourth-order valence-corrected chi connectivity index (χ4v) is 1.08. The van der Waals surface area contributed by atoms with Gasteiger partial charge in [0.1, 0.15) is 6.42 Å². The van der Waals surface area contributed by atoms with Crippen molar-refractivity contribution in [1.82, 2.24) is 0 Å². The van der Waals surface area contributed by atoms with Gasteiger partial charge in [-0.25, -0.2) is 0 Å². The Hall–Kier alpha value is -1.22. The second-order valence-electron chi connectivity index (χ2n) is 3.48. The number of rotatable bonds is 10. The summed E-state index contributed by atoms with van der Waals surface area (Å²) in [4.78, 5) is 22.6. The fraction of sp³-hybridized carbons (Fsp3) is 0.818. The van der Waals surface area contributed by atoms with Crippen LogP contribution in [0.15, 0.2) is 0 Å². The zero-order chi connectivity index (χ0) is 14.7. The van der Waals surface area contributed by atoms with Crippen molar-refractivity contribution >= 4 is 11.9 Å². The Kier molecular flexibility index (Phi) is 9.99. The molecular weight excluding hydrogens is 260 g/mol. The van der Waals surface area contributed by atoms with E-state index in [1.165, 1.54) is 13.8 Å². The zero-order valence-electron chi connectivity index (χ0n) is 11.0. The van der Waals surface area contributed by atoms with Crippen molar-refractivity contribution in [2.24, 2.45) is 0 Å². The molecule has 19 heavy (non-hydrogen) atoms. The first kappa shape index (κ1) is 17.8. The lowest BCUT2D eigenvalue weighted by Crippen LogP contribution is -2.25. The van der Waals surface area contributed by atoms with E-state index in [1.807, 2.05) is 0 Å². The Morgan fingerprint density at radius 3 is 1.58 bits per heavy atom. The van der Waals surface area contributed by atoms with E-state index in [1.54, 1.807) is 0 Å². The van der Waals surface area contributed by atoms with E-state index in [0.717, 1.165) is 0 Å². The fourth-order valence-electron chi connectivity index (χ4n) is 1.08. The van der Waals surface area contributed by atoms with Crippen molar-refractivity contribution < 1.29 is 38.7 Å². The molecule has 0 heterocycles. The molecule has 112 valence electrons. The molecule has 0 fully saturated rings. The van der Waals surface area contributed by atoms with Gasteiger partial charge in [0.2, 0.25) is 0 Å². The standard InChI is InChI=1S/C11H20O8/c1-8(16-5-3-12)18-10(14)7-11(15)19-9(2)17-6-4-13/h8-9,12-13H,3-7H2,1-2H3. The molecule has 0 aliphatic heterocycles. The topological polar surface area (TPSA) is 112 Å². The SMILES string of the molecule is CC(OCCO)OC(=O)CC(=O)OC(C)OCCO. The van der Waals surface area contributed by atoms with E-state index in [0.29, 0.717) is 0 Å². The van der Waals surface area contributed by atoms with Gasteiger partial charge >= 0.3 is 11.9 Å². The second kappa shape index (κ2) is 10.7. The van der Waals surface area contributed by atoms with Crippen LogP contribution in [0.2, 0.25) is 0 Å². The molecule has 0 radical (unpaired) electrons. The number of hydrogen-bond acceptors (Lipinski definition) is 8. The summed E-state index contributed by atoms with van der Waals surface area (Å²) in [5.74, 6) is -1.60. The average Bonchev–Trinajstić information content (AvgIpc) is 2.33. The van der Waals surface area contributed by atoms with Crippen LogP contribution in [-0.2, 0) is 28.5 Å². The second-order valence-corrected chi connectivity index (χ2v) is 3.48. The highest BCUT2D eigenvalue weighted by Crippen LogP contribution is 2.01. The summed E-state index contributed by atoms with van der Waals surface area (Å²) in [6, 6.07) is 0. The third-order valence-electron chi connectivity index (χ3n) is 1.77. The van der Waals surface area contributed by atoms with E-state index in [9.17, 15) is 9.59 Å². The highest BCUT2D eigenvalue weighted by Gasteiger charge is 2.17. The molecule has 0 bridgehead atoms. The maximum Gasteiger partial charge on any atom is 0.319 e. The summed E-state index contributed by atoms with van der Waals surface area (Å²) in [6.45, 7) is 2.61. The number of carbonyl (C=O) groups is 2. The lowest BCUT2D eigenvalue weighted by atomic mass is 10.4. The zero-order valence-corrected chi connectivity index (χ0v) is 11.0. The van der Waals surface area contributed by atoms with Crippen molar-refractivity contribution in [3.05, 3.63) is 0 Å². The van der Waals surface area contributed by atoms with E-state index in [-0.39, 0.29) is 26.4 Å². The monoisotopic (exact) mass is 280 g/mol. The third kappa shape index (κ3) is 10.4. The van der Waals surface area contributed by atoms with Gasteiger partial charge in [-0.2, -0.15) is 0 Å². The smallest absolute Gasteiger partial charge is 0.319 e. The van der Waals surface area contributed by atoms with Gasteiger partial charge < -0.3 is 29.2 Å². The summed E-state index contributed by atoms with van der Waals surface area (Å²) in [5.41, 5.74) is 0. The Labute approximate surface area is 111 Å². The number of ether oxygens (including phenoxy) is 4. The van der Waals surface area contributed by atoms with Gasteiger partial charge in [-0.05, 0) is 13.8 Å². The molecule has 8 nitrogen and oxygen atoms in total. The highest BCUT2D eigenvalue weighted by atomic mass is 16.7. The molecule has 0 aliphatic carbocycles. The Balaban J connectivity index is 3.82. The van der Waals surface area contributed by atoms with Crippen molar-refractivity contribution in [1.29, 1.82) is 0 Å². The van der Waals surface area contributed by atoms with Crippen molar-refractivity contribution in [2.75, 3.05) is 26.4 Å². The molecule has 0 spiro atoms. The minimum Gasteiger partial charge on any atom is -0.436 e. The molecule has 0 amide bonds. The molecule has 0 aromatic heterocycles. The van der Waals surface area contributed by atoms with E-state index < -0.39 is 30.9 Å². The lowest BCUT2D eigenvalue weighted by molar-refractivity contribution is -0.187. The Morgan fingerprint density at radius 2 is 1.26 bits per heavy atom. The van der Waals surface area contributed by atoms with Gasteiger partial charge in [-0.3, -0.25) is 9.59 Å². The van der Waals surface area contributed by atoms with Crippen LogP contribution < -0.4 is 0 Å². The predicted octanol–water partition coefficient (Wildman–Crippen LogP) is -0.827. The first-order valence-electron chi connectivity index (χ1n) is 5.83. The van der Waals surface area contributed by atoms with Crippen molar-refractivity contribution in [3.63, 3.8) is 0 Å². The minimum atomic E-state index is -0.851. The van der Waals surface area contributed by atoms with E-state index >= 15 is 0 Å². The molecule has 0 aromatic carbocycles. The minimum absolute atomic E-state index is 0.0327. The molecule has 2 atom stereocenters. The Morgan fingerprint density at radius 1 is 0.895 bits per heavy atom. The first-order chi connectivity index (χ1) is 8.99. The van der Waals surface area contributed by atoms with Gasteiger partial charge in [-0.1, -0.05) is 0 Å². The number of hydrogen-bond donors (Lipinski definition) is 2.